The number of aliphatic hydroxyl groups excluding tert-OH is 1. The lowest BCUT2D eigenvalue weighted by Crippen LogP contribution is -1.90. The molecule has 0 aromatic heterocycles. The van der Waals surface area contributed by atoms with Gasteiger partial charge in [0.05, 0.1) is 6.10 Å². The van der Waals surface area contributed by atoms with Gasteiger partial charge in [-0.1, -0.05) is 30.3 Å². The van der Waals surface area contributed by atoms with Crippen LogP contribution in [0.25, 0.3) is 11.1 Å². The topological polar surface area (TPSA) is 40.5 Å². The molecule has 2 nitrogen and oxygen atoms in total. The van der Waals surface area contributed by atoms with Crippen LogP contribution in [0.1, 0.15) is 23.7 Å². The first-order chi connectivity index (χ1) is 8.24. The molecular weight excluding hydrogens is 212 g/mol. The van der Waals surface area contributed by atoms with Gasteiger partial charge in [0.1, 0.15) is 5.75 Å². The number of rotatable bonds is 1. The Morgan fingerprint density at radius 3 is 2.41 bits per heavy atom. The molecule has 86 valence electrons. The molecule has 1 atom stereocenters. The highest BCUT2D eigenvalue weighted by molar-refractivity contribution is 5.66. The second-order valence-corrected chi connectivity index (χ2v) is 4.51. The minimum atomic E-state index is -0.293. The first-order valence-corrected chi connectivity index (χ1v) is 5.84. The first kappa shape index (κ1) is 10.4. The molecule has 17 heavy (non-hydrogen) atoms. The van der Waals surface area contributed by atoms with Crippen LogP contribution < -0.4 is 0 Å². The van der Waals surface area contributed by atoms with E-state index in [9.17, 15) is 10.2 Å². The standard InChI is InChI=1S/C15H14O2/c16-13-5-1-10(2-6-13)11-3-7-14-12(9-11)4-8-15(14)17/h1-3,5-7,9,15-17H,4,8H2. The molecule has 0 radical (unpaired) electrons. The zero-order valence-corrected chi connectivity index (χ0v) is 9.43. The van der Waals surface area contributed by atoms with Crippen molar-refractivity contribution in [3.8, 4) is 16.9 Å². The van der Waals surface area contributed by atoms with Crippen molar-refractivity contribution in [2.75, 3.05) is 0 Å². The van der Waals surface area contributed by atoms with Crippen molar-refractivity contribution in [1.29, 1.82) is 0 Å². The minimum Gasteiger partial charge on any atom is -0.508 e. The zero-order valence-electron chi connectivity index (χ0n) is 9.43. The van der Waals surface area contributed by atoms with Gasteiger partial charge >= 0.3 is 0 Å². The molecule has 0 bridgehead atoms. The van der Waals surface area contributed by atoms with Gasteiger partial charge in [0.15, 0.2) is 0 Å². The van der Waals surface area contributed by atoms with Gasteiger partial charge in [-0.15, -0.1) is 0 Å². The van der Waals surface area contributed by atoms with E-state index in [0.29, 0.717) is 0 Å². The summed E-state index contributed by atoms with van der Waals surface area (Å²) in [4.78, 5) is 0. The number of fused-ring (bicyclic) bond motifs is 1. The Hall–Kier alpha value is -1.80. The molecule has 0 spiro atoms. The number of aryl methyl sites for hydroxylation is 1. The van der Waals surface area contributed by atoms with E-state index in [1.54, 1.807) is 12.1 Å². The van der Waals surface area contributed by atoms with E-state index in [0.717, 1.165) is 29.5 Å². The van der Waals surface area contributed by atoms with Crippen molar-refractivity contribution in [1.82, 2.24) is 0 Å². The van der Waals surface area contributed by atoms with E-state index in [2.05, 4.69) is 6.07 Å². The summed E-state index contributed by atoms with van der Waals surface area (Å²) in [7, 11) is 0. The quantitative estimate of drug-likeness (QED) is 0.784. The maximum Gasteiger partial charge on any atom is 0.115 e. The number of aromatic hydroxyl groups is 1. The van der Waals surface area contributed by atoms with E-state index in [-0.39, 0.29) is 11.9 Å². The lowest BCUT2D eigenvalue weighted by Gasteiger charge is -2.07. The molecule has 2 aromatic carbocycles. The average Bonchev–Trinajstić information content (AvgIpc) is 2.72. The fourth-order valence-electron chi connectivity index (χ4n) is 2.43. The summed E-state index contributed by atoms with van der Waals surface area (Å²) in [6.45, 7) is 0. The Morgan fingerprint density at radius 1 is 0.941 bits per heavy atom. The molecule has 2 N–H and O–H groups in total. The molecule has 1 aliphatic rings. The van der Waals surface area contributed by atoms with Crippen molar-refractivity contribution in [2.24, 2.45) is 0 Å². The maximum atomic E-state index is 9.75. The van der Waals surface area contributed by atoms with E-state index in [1.165, 1.54) is 5.56 Å². The summed E-state index contributed by atoms with van der Waals surface area (Å²) < 4.78 is 0. The molecule has 0 aliphatic heterocycles. The van der Waals surface area contributed by atoms with Crippen molar-refractivity contribution < 1.29 is 10.2 Å². The molecular formula is C15H14O2. The zero-order chi connectivity index (χ0) is 11.8. The maximum absolute atomic E-state index is 9.75. The van der Waals surface area contributed by atoms with Gasteiger partial charge in [-0.2, -0.15) is 0 Å². The number of phenols is 1. The van der Waals surface area contributed by atoms with E-state index < -0.39 is 0 Å². The van der Waals surface area contributed by atoms with Gasteiger partial charge in [0, 0.05) is 0 Å². The molecule has 0 amide bonds. The van der Waals surface area contributed by atoms with Crippen LogP contribution >= 0.6 is 0 Å². The molecule has 3 rings (SSSR count). The second kappa shape index (κ2) is 3.90. The van der Waals surface area contributed by atoms with Crippen molar-refractivity contribution in [2.45, 2.75) is 18.9 Å². The monoisotopic (exact) mass is 226 g/mol. The SMILES string of the molecule is Oc1ccc(-c2ccc3c(c2)CCC3O)cc1. The smallest absolute Gasteiger partial charge is 0.115 e. The van der Waals surface area contributed by atoms with Crippen molar-refractivity contribution in [3.63, 3.8) is 0 Å². The average molecular weight is 226 g/mol. The van der Waals surface area contributed by atoms with Crippen LogP contribution in [0.15, 0.2) is 42.5 Å². The number of hydrogen-bond acceptors (Lipinski definition) is 2. The summed E-state index contributed by atoms with van der Waals surface area (Å²) in [6, 6.07) is 13.4. The van der Waals surface area contributed by atoms with Crippen molar-refractivity contribution >= 4 is 0 Å². The highest BCUT2D eigenvalue weighted by Gasteiger charge is 2.20. The molecule has 1 aliphatic carbocycles. The van der Waals surface area contributed by atoms with Crippen LogP contribution in [0.5, 0.6) is 5.75 Å². The normalized spacial score (nSPS) is 18.1. The van der Waals surface area contributed by atoms with Crippen LogP contribution in [0.2, 0.25) is 0 Å². The van der Waals surface area contributed by atoms with Crippen LogP contribution in [0.3, 0.4) is 0 Å². The van der Waals surface area contributed by atoms with Crippen LogP contribution in [0.4, 0.5) is 0 Å². The highest BCUT2D eigenvalue weighted by atomic mass is 16.3. The molecule has 0 fully saturated rings. The van der Waals surface area contributed by atoms with E-state index >= 15 is 0 Å². The molecule has 0 heterocycles. The number of benzene rings is 2. The van der Waals surface area contributed by atoms with Crippen LogP contribution in [-0.4, -0.2) is 10.2 Å². The Balaban J connectivity index is 2.02. The van der Waals surface area contributed by atoms with Gasteiger partial charge in [0.25, 0.3) is 0 Å². The Morgan fingerprint density at radius 2 is 1.65 bits per heavy atom. The van der Waals surface area contributed by atoms with Crippen LogP contribution in [-0.2, 0) is 6.42 Å². The summed E-state index contributed by atoms with van der Waals surface area (Å²) in [5.74, 6) is 0.283. The van der Waals surface area contributed by atoms with Crippen LogP contribution in [0, 0.1) is 0 Å². The van der Waals surface area contributed by atoms with Gasteiger partial charge in [-0.3, -0.25) is 0 Å². The Kier molecular flexibility index (Phi) is 2.37. The minimum absolute atomic E-state index is 0.283. The summed E-state index contributed by atoms with van der Waals surface area (Å²) in [5.41, 5.74) is 4.53. The van der Waals surface area contributed by atoms with Gasteiger partial charge in [-0.05, 0) is 47.2 Å². The highest BCUT2D eigenvalue weighted by Crippen LogP contribution is 2.34. The number of hydrogen-bond donors (Lipinski definition) is 2. The third-order valence-electron chi connectivity index (χ3n) is 3.39. The lowest BCUT2D eigenvalue weighted by molar-refractivity contribution is 0.180. The fourth-order valence-corrected chi connectivity index (χ4v) is 2.43. The summed E-state index contributed by atoms with van der Waals surface area (Å²) in [5, 5.41) is 19.0. The number of phenolic OH excluding ortho intramolecular Hbond substituents is 1. The third kappa shape index (κ3) is 1.81. The Labute approximate surface area is 100 Å². The largest absolute Gasteiger partial charge is 0.508 e. The summed E-state index contributed by atoms with van der Waals surface area (Å²) >= 11 is 0. The molecule has 2 aromatic rings. The second-order valence-electron chi connectivity index (χ2n) is 4.51. The van der Waals surface area contributed by atoms with Crippen molar-refractivity contribution in [3.05, 3.63) is 53.6 Å². The number of aliphatic hydroxyl groups is 1. The predicted molar refractivity (Wildman–Crippen MR) is 66.8 cm³/mol. The van der Waals surface area contributed by atoms with Gasteiger partial charge < -0.3 is 10.2 Å². The van der Waals surface area contributed by atoms with E-state index in [4.69, 9.17) is 0 Å². The third-order valence-corrected chi connectivity index (χ3v) is 3.39. The predicted octanol–water partition coefficient (Wildman–Crippen LogP) is 3.04. The lowest BCUT2D eigenvalue weighted by atomic mass is 10.0. The fraction of sp³-hybridized carbons (Fsp3) is 0.200. The van der Waals surface area contributed by atoms with E-state index in [1.807, 2.05) is 24.3 Å². The van der Waals surface area contributed by atoms with Gasteiger partial charge in [0.2, 0.25) is 0 Å². The first-order valence-electron chi connectivity index (χ1n) is 5.84. The Bertz CT molecular complexity index is 543. The molecule has 0 saturated carbocycles. The molecule has 0 saturated heterocycles. The summed E-state index contributed by atoms with van der Waals surface area (Å²) in [6.07, 6.45) is 1.48. The molecule has 1 unspecified atom stereocenters. The molecule has 2 heteroatoms. The van der Waals surface area contributed by atoms with Gasteiger partial charge in [-0.25, -0.2) is 0 Å².